The number of benzene rings is 1. The summed E-state index contributed by atoms with van der Waals surface area (Å²) in [7, 11) is 0. The number of carbonyl (C=O) groups excluding carboxylic acids is 1. The minimum Gasteiger partial charge on any atom is -0.326 e. The van der Waals surface area contributed by atoms with Crippen molar-refractivity contribution in [3.8, 4) is 0 Å². The van der Waals surface area contributed by atoms with Gasteiger partial charge in [0, 0.05) is 23.1 Å². The summed E-state index contributed by atoms with van der Waals surface area (Å²) >= 11 is 0. The number of rotatable bonds is 4. The maximum absolute atomic E-state index is 12.2. The maximum Gasteiger partial charge on any atom is 0.251 e. The molecular weight excluding hydrogens is 300 g/mol. The molecule has 4 heteroatoms. The number of aromatic amines is 1. The van der Waals surface area contributed by atoms with E-state index in [-0.39, 0.29) is 11.5 Å². The topological polar surface area (TPSA) is 62.0 Å². The minimum atomic E-state index is -0.0687. The van der Waals surface area contributed by atoms with Crippen molar-refractivity contribution < 1.29 is 4.79 Å². The van der Waals surface area contributed by atoms with Gasteiger partial charge in [0.2, 0.25) is 5.91 Å². The maximum atomic E-state index is 12.2. The van der Waals surface area contributed by atoms with Crippen LogP contribution in [0.2, 0.25) is 0 Å². The van der Waals surface area contributed by atoms with Gasteiger partial charge in [-0.05, 0) is 43.9 Å². The molecule has 0 aliphatic heterocycles. The van der Waals surface area contributed by atoms with Crippen molar-refractivity contribution in [1.29, 1.82) is 0 Å². The lowest BCUT2D eigenvalue weighted by molar-refractivity contribution is -0.116. The average Bonchev–Trinajstić information content (AvgIpc) is 2.59. The molecule has 0 unspecified atom stereocenters. The van der Waals surface area contributed by atoms with Gasteiger partial charge < -0.3 is 10.3 Å². The molecule has 1 aromatic heterocycles. The van der Waals surface area contributed by atoms with Crippen LogP contribution in [0.4, 0.5) is 5.69 Å². The number of aryl methyl sites for hydroxylation is 1. The molecule has 1 fully saturated rings. The molecule has 0 saturated heterocycles. The molecule has 2 N–H and O–H groups in total. The Balaban J connectivity index is 1.67. The quantitative estimate of drug-likeness (QED) is 0.872. The summed E-state index contributed by atoms with van der Waals surface area (Å²) < 4.78 is 0. The van der Waals surface area contributed by atoms with Crippen molar-refractivity contribution in [2.45, 2.75) is 58.8 Å². The van der Waals surface area contributed by atoms with Crippen LogP contribution in [0.15, 0.2) is 23.0 Å². The summed E-state index contributed by atoms with van der Waals surface area (Å²) in [5.74, 6) is 0.772. The van der Waals surface area contributed by atoms with Crippen LogP contribution in [0.5, 0.6) is 0 Å². The predicted molar refractivity (Wildman–Crippen MR) is 98.5 cm³/mol. The van der Waals surface area contributed by atoms with Gasteiger partial charge in [-0.3, -0.25) is 9.59 Å². The highest BCUT2D eigenvalue weighted by Crippen LogP contribution is 2.27. The summed E-state index contributed by atoms with van der Waals surface area (Å²) in [6, 6.07) is 5.72. The molecule has 0 atom stereocenters. The monoisotopic (exact) mass is 326 g/mol. The SMILES string of the molecule is Cc1c(C)c2ccc(NC(=O)CCC3CCCCC3)cc2[nH]c1=O. The van der Waals surface area contributed by atoms with Gasteiger partial charge in [-0.15, -0.1) is 0 Å². The Kier molecular flexibility index (Phi) is 5.03. The molecule has 1 aliphatic carbocycles. The molecule has 1 aromatic carbocycles. The van der Waals surface area contributed by atoms with E-state index in [0.29, 0.717) is 12.3 Å². The van der Waals surface area contributed by atoms with Crippen molar-refractivity contribution in [3.05, 3.63) is 39.7 Å². The Labute approximate surface area is 142 Å². The van der Waals surface area contributed by atoms with Gasteiger partial charge in [0.05, 0.1) is 5.52 Å². The number of nitrogens with one attached hydrogen (secondary N) is 2. The van der Waals surface area contributed by atoms with E-state index in [2.05, 4.69) is 10.3 Å². The minimum absolute atomic E-state index is 0.0612. The number of fused-ring (bicyclic) bond motifs is 1. The van der Waals surface area contributed by atoms with E-state index in [1.165, 1.54) is 32.1 Å². The van der Waals surface area contributed by atoms with Crippen molar-refractivity contribution in [1.82, 2.24) is 4.98 Å². The molecule has 24 heavy (non-hydrogen) atoms. The molecular formula is C20H26N2O2. The van der Waals surface area contributed by atoms with E-state index in [1.54, 1.807) is 0 Å². The molecule has 128 valence electrons. The van der Waals surface area contributed by atoms with E-state index >= 15 is 0 Å². The molecule has 2 aromatic rings. The fraction of sp³-hybridized carbons (Fsp3) is 0.500. The highest BCUT2D eigenvalue weighted by molar-refractivity contribution is 5.94. The highest BCUT2D eigenvalue weighted by Gasteiger charge is 2.15. The lowest BCUT2D eigenvalue weighted by atomic mass is 9.86. The van der Waals surface area contributed by atoms with Crippen LogP contribution in [0.25, 0.3) is 10.9 Å². The van der Waals surface area contributed by atoms with E-state index in [0.717, 1.165) is 34.1 Å². The molecule has 4 nitrogen and oxygen atoms in total. The van der Waals surface area contributed by atoms with Gasteiger partial charge in [-0.2, -0.15) is 0 Å². The first-order valence-electron chi connectivity index (χ1n) is 8.97. The van der Waals surface area contributed by atoms with E-state index in [9.17, 15) is 9.59 Å². The Morgan fingerprint density at radius 2 is 1.92 bits per heavy atom. The van der Waals surface area contributed by atoms with Crippen LogP contribution in [-0.2, 0) is 4.79 Å². The number of hydrogen-bond donors (Lipinski definition) is 2. The van der Waals surface area contributed by atoms with Crippen LogP contribution in [0.3, 0.4) is 0 Å². The normalized spacial score (nSPS) is 15.6. The van der Waals surface area contributed by atoms with Crippen molar-refractivity contribution in [2.75, 3.05) is 5.32 Å². The third-order valence-electron chi connectivity index (χ3n) is 5.36. The van der Waals surface area contributed by atoms with Crippen molar-refractivity contribution >= 4 is 22.5 Å². The largest absolute Gasteiger partial charge is 0.326 e. The number of amides is 1. The van der Waals surface area contributed by atoms with Crippen LogP contribution >= 0.6 is 0 Å². The van der Waals surface area contributed by atoms with E-state index < -0.39 is 0 Å². The smallest absolute Gasteiger partial charge is 0.251 e. The number of pyridine rings is 1. The second-order valence-corrected chi connectivity index (χ2v) is 7.06. The summed E-state index contributed by atoms with van der Waals surface area (Å²) in [4.78, 5) is 27.0. The average molecular weight is 326 g/mol. The Bertz CT molecular complexity index is 801. The second-order valence-electron chi connectivity index (χ2n) is 7.06. The Hall–Kier alpha value is -2.10. The number of carbonyl (C=O) groups is 1. The third-order valence-corrected chi connectivity index (χ3v) is 5.36. The van der Waals surface area contributed by atoms with Crippen LogP contribution in [-0.4, -0.2) is 10.9 Å². The molecule has 1 saturated carbocycles. The zero-order chi connectivity index (χ0) is 17.1. The Morgan fingerprint density at radius 1 is 1.17 bits per heavy atom. The first-order chi connectivity index (χ1) is 11.5. The fourth-order valence-electron chi connectivity index (χ4n) is 3.68. The highest BCUT2D eigenvalue weighted by atomic mass is 16.1. The molecule has 1 amide bonds. The van der Waals surface area contributed by atoms with Crippen molar-refractivity contribution in [3.63, 3.8) is 0 Å². The molecule has 1 aliphatic rings. The van der Waals surface area contributed by atoms with Crippen LogP contribution < -0.4 is 10.9 Å². The zero-order valence-corrected chi connectivity index (χ0v) is 14.6. The number of anilines is 1. The number of aromatic nitrogens is 1. The number of H-pyrrole nitrogens is 1. The molecule has 0 spiro atoms. The Morgan fingerprint density at radius 3 is 2.67 bits per heavy atom. The summed E-state index contributed by atoms with van der Waals surface area (Å²) in [5.41, 5.74) is 3.18. The van der Waals surface area contributed by atoms with Crippen LogP contribution in [0.1, 0.15) is 56.1 Å². The lowest BCUT2D eigenvalue weighted by Gasteiger charge is -2.21. The summed E-state index contributed by atoms with van der Waals surface area (Å²) in [5, 5.41) is 3.99. The first kappa shape index (κ1) is 16.7. The predicted octanol–water partition coefficient (Wildman–Crippen LogP) is 4.44. The second kappa shape index (κ2) is 7.20. The standard InChI is InChI=1S/C20H26N2O2/c1-13-14(2)20(24)22-18-12-16(9-10-17(13)18)21-19(23)11-8-15-6-4-3-5-7-15/h9-10,12,15H,3-8,11H2,1-2H3,(H,21,23)(H,22,24). The van der Waals surface area contributed by atoms with Crippen molar-refractivity contribution in [2.24, 2.45) is 5.92 Å². The first-order valence-corrected chi connectivity index (χ1v) is 8.97. The van der Waals surface area contributed by atoms with E-state index in [1.807, 2.05) is 32.0 Å². The number of hydrogen-bond acceptors (Lipinski definition) is 2. The van der Waals surface area contributed by atoms with E-state index in [4.69, 9.17) is 0 Å². The molecule has 1 heterocycles. The lowest BCUT2D eigenvalue weighted by Crippen LogP contribution is -2.15. The van der Waals surface area contributed by atoms with Gasteiger partial charge in [-0.1, -0.05) is 38.2 Å². The van der Waals surface area contributed by atoms with Gasteiger partial charge >= 0.3 is 0 Å². The summed E-state index contributed by atoms with van der Waals surface area (Å²) in [6.07, 6.45) is 8.05. The molecule has 0 radical (unpaired) electrons. The van der Waals surface area contributed by atoms with Gasteiger partial charge in [-0.25, -0.2) is 0 Å². The summed E-state index contributed by atoms with van der Waals surface area (Å²) in [6.45, 7) is 3.78. The van der Waals surface area contributed by atoms with Crippen LogP contribution in [0, 0.1) is 19.8 Å². The van der Waals surface area contributed by atoms with Gasteiger partial charge in [0.25, 0.3) is 5.56 Å². The zero-order valence-electron chi connectivity index (χ0n) is 14.6. The van der Waals surface area contributed by atoms with Gasteiger partial charge in [0.1, 0.15) is 0 Å². The molecule has 3 rings (SSSR count). The fourth-order valence-corrected chi connectivity index (χ4v) is 3.68. The third kappa shape index (κ3) is 3.69. The molecule has 0 bridgehead atoms. The van der Waals surface area contributed by atoms with Gasteiger partial charge in [0.15, 0.2) is 0 Å².